The summed E-state index contributed by atoms with van der Waals surface area (Å²) in [6.45, 7) is 5.68. The summed E-state index contributed by atoms with van der Waals surface area (Å²) in [4.78, 5) is 2.28. The smallest absolute Gasteiger partial charge is 0.0951 e. The lowest BCUT2D eigenvalue weighted by Crippen LogP contribution is -2.48. The first-order valence-corrected chi connectivity index (χ1v) is 6.24. The third kappa shape index (κ3) is 2.43. The summed E-state index contributed by atoms with van der Waals surface area (Å²) in [6, 6.07) is 10.0. The average molecular weight is 231 g/mol. The van der Waals surface area contributed by atoms with Gasteiger partial charge in [0.1, 0.15) is 0 Å². The van der Waals surface area contributed by atoms with Gasteiger partial charge >= 0.3 is 0 Å². The first-order chi connectivity index (χ1) is 8.16. The number of nitrogens with zero attached hydrogens (tertiary/aromatic N) is 1. The SMILES string of the molecule is C=CC[C@@H]1CN(C)CC[C@]1(O)c1ccccc1. The van der Waals surface area contributed by atoms with E-state index in [0.717, 1.165) is 31.5 Å². The van der Waals surface area contributed by atoms with E-state index in [1.807, 2.05) is 36.4 Å². The van der Waals surface area contributed by atoms with E-state index in [9.17, 15) is 5.11 Å². The van der Waals surface area contributed by atoms with E-state index in [1.165, 1.54) is 0 Å². The monoisotopic (exact) mass is 231 g/mol. The van der Waals surface area contributed by atoms with Gasteiger partial charge < -0.3 is 10.0 Å². The number of rotatable bonds is 3. The minimum Gasteiger partial charge on any atom is -0.385 e. The minimum absolute atomic E-state index is 0.237. The quantitative estimate of drug-likeness (QED) is 0.807. The lowest BCUT2D eigenvalue weighted by atomic mass is 9.74. The number of aliphatic hydroxyl groups is 1. The number of benzene rings is 1. The van der Waals surface area contributed by atoms with Gasteiger partial charge in [-0.3, -0.25) is 0 Å². The molecule has 0 saturated carbocycles. The molecule has 1 aromatic rings. The molecule has 1 fully saturated rings. The molecule has 2 atom stereocenters. The Morgan fingerprint density at radius 1 is 1.47 bits per heavy atom. The molecule has 92 valence electrons. The third-order valence-electron chi connectivity index (χ3n) is 3.81. The Bertz CT molecular complexity index is 376. The molecule has 1 aliphatic rings. The zero-order chi connectivity index (χ0) is 12.3. The van der Waals surface area contributed by atoms with E-state index in [2.05, 4.69) is 18.5 Å². The predicted molar refractivity (Wildman–Crippen MR) is 70.8 cm³/mol. The summed E-state index contributed by atoms with van der Waals surface area (Å²) in [6.07, 6.45) is 3.57. The summed E-state index contributed by atoms with van der Waals surface area (Å²) in [5.41, 5.74) is 0.349. The fourth-order valence-electron chi connectivity index (χ4n) is 2.76. The van der Waals surface area contributed by atoms with Crippen molar-refractivity contribution < 1.29 is 5.11 Å². The number of hydrogen-bond donors (Lipinski definition) is 1. The predicted octanol–water partition coefficient (Wildman–Crippen LogP) is 2.40. The maximum absolute atomic E-state index is 11.0. The van der Waals surface area contributed by atoms with E-state index in [4.69, 9.17) is 0 Å². The lowest BCUT2D eigenvalue weighted by molar-refractivity contribution is -0.0719. The largest absolute Gasteiger partial charge is 0.385 e. The van der Waals surface area contributed by atoms with Crippen LogP contribution in [0.4, 0.5) is 0 Å². The zero-order valence-corrected chi connectivity index (χ0v) is 10.5. The van der Waals surface area contributed by atoms with Gasteiger partial charge in [0.25, 0.3) is 0 Å². The number of hydrogen-bond acceptors (Lipinski definition) is 2. The Labute approximate surface area is 104 Å². The van der Waals surface area contributed by atoms with Crippen molar-refractivity contribution in [3.8, 4) is 0 Å². The van der Waals surface area contributed by atoms with E-state index < -0.39 is 5.60 Å². The van der Waals surface area contributed by atoms with Crippen LogP contribution in [0.2, 0.25) is 0 Å². The van der Waals surface area contributed by atoms with E-state index in [1.54, 1.807) is 0 Å². The standard InChI is InChI=1S/C15H21NO/c1-3-7-14-12-16(2)11-10-15(14,17)13-8-5-4-6-9-13/h3-6,8-9,14,17H,1,7,10-12H2,2H3/t14-,15+/m1/s1. The number of allylic oxidation sites excluding steroid dienone is 1. The van der Waals surface area contributed by atoms with Crippen LogP contribution in [0.1, 0.15) is 18.4 Å². The highest BCUT2D eigenvalue weighted by atomic mass is 16.3. The van der Waals surface area contributed by atoms with Crippen LogP contribution in [0.3, 0.4) is 0 Å². The fourth-order valence-corrected chi connectivity index (χ4v) is 2.76. The van der Waals surface area contributed by atoms with Crippen LogP contribution < -0.4 is 0 Å². The fraction of sp³-hybridized carbons (Fsp3) is 0.467. The second-order valence-corrected chi connectivity index (χ2v) is 5.02. The lowest BCUT2D eigenvalue weighted by Gasteiger charge is -2.43. The van der Waals surface area contributed by atoms with Crippen LogP contribution in [0.5, 0.6) is 0 Å². The summed E-state index contributed by atoms with van der Waals surface area (Å²) in [5.74, 6) is 0.237. The summed E-state index contributed by atoms with van der Waals surface area (Å²) >= 11 is 0. The van der Waals surface area contributed by atoms with Crippen molar-refractivity contribution in [1.29, 1.82) is 0 Å². The molecule has 0 aromatic heterocycles. The van der Waals surface area contributed by atoms with Gasteiger partial charge in [-0.2, -0.15) is 0 Å². The molecule has 1 aromatic carbocycles. The molecular weight excluding hydrogens is 210 g/mol. The molecule has 17 heavy (non-hydrogen) atoms. The van der Waals surface area contributed by atoms with Gasteiger partial charge in [-0.1, -0.05) is 36.4 Å². The molecule has 1 heterocycles. The molecule has 0 amide bonds. The Morgan fingerprint density at radius 3 is 2.82 bits per heavy atom. The van der Waals surface area contributed by atoms with Crippen molar-refractivity contribution in [3.63, 3.8) is 0 Å². The molecule has 0 bridgehead atoms. The van der Waals surface area contributed by atoms with Crippen LogP contribution >= 0.6 is 0 Å². The van der Waals surface area contributed by atoms with Crippen molar-refractivity contribution in [3.05, 3.63) is 48.6 Å². The minimum atomic E-state index is -0.692. The highest BCUT2D eigenvalue weighted by Crippen LogP contribution is 2.38. The molecule has 0 aliphatic carbocycles. The molecule has 0 spiro atoms. The highest BCUT2D eigenvalue weighted by molar-refractivity contribution is 5.24. The van der Waals surface area contributed by atoms with Crippen molar-refractivity contribution >= 4 is 0 Å². The summed E-state index contributed by atoms with van der Waals surface area (Å²) < 4.78 is 0. The van der Waals surface area contributed by atoms with Crippen molar-refractivity contribution in [2.24, 2.45) is 5.92 Å². The Balaban J connectivity index is 2.29. The summed E-state index contributed by atoms with van der Waals surface area (Å²) in [7, 11) is 2.11. The van der Waals surface area contributed by atoms with Gasteiger partial charge in [-0.05, 0) is 25.5 Å². The maximum Gasteiger partial charge on any atom is 0.0951 e. The van der Waals surface area contributed by atoms with Gasteiger partial charge in [-0.15, -0.1) is 6.58 Å². The number of piperidine rings is 1. The second kappa shape index (κ2) is 5.03. The first-order valence-electron chi connectivity index (χ1n) is 6.24. The Hall–Kier alpha value is -1.12. The second-order valence-electron chi connectivity index (χ2n) is 5.02. The molecule has 1 aliphatic heterocycles. The molecule has 2 nitrogen and oxygen atoms in total. The van der Waals surface area contributed by atoms with Gasteiger partial charge in [-0.25, -0.2) is 0 Å². The van der Waals surface area contributed by atoms with Gasteiger partial charge in [0.15, 0.2) is 0 Å². The number of likely N-dealkylation sites (tertiary alicyclic amines) is 1. The topological polar surface area (TPSA) is 23.5 Å². The molecular formula is C15H21NO. The third-order valence-corrected chi connectivity index (χ3v) is 3.81. The molecule has 1 N–H and O–H groups in total. The molecule has 2 heteroatoms. The van der Waals surface area contributed by atoms with Crippen LogP contribution in [0, 0.1) is 5.92 Å². The van der Waals surface area contributed by atoms with Crippen LogP contribution in [0.25, 0.3) is 0 Å². The maximum atomic E-state index is 11.0. The van der Waals surface area contributed by atoms with Gasteiger partial charge in [0, 0.05) is 19.0 Å². The normalized spacial score (nSPS) is 30.1. The molecule has 0 unspecified atom stereocenters. The van der Waals surface area contributed by atoms with Crippen LogP contribution in [-0.2, 0) is 5.60 Å². The Kier molecular flexibility index (Phi) is 3.65. The van der Waals surface area contributed by atoms with Crippen LogP contribution in [0.15, 0.2) is 43.0 Å². The molecule has 2 rings (SSSR count). The van der Waals surface area contributed by atoms with E-state index in [0.29, 0.717) is 0 Å². The molecule has 1 saturated heterocycles. The highest BCUT2D eigenvalue weighted by Gasteiger charge is 2.40. The average Bonchev–Trinajstić information content (AvgIpc) is 2.35. The van der Waals surface area contributed by atoms with Crippen molar-refractivity contribution in [2.75, 3.05) is 20.1 Å². The van der Waals surface area contributed by atoms with Crippen molar-refractivity contribution in [1.82, 2.24) is 4.90 Å². The van der Waals surface area contributed by atoms with E-state index >= 15 is 0 Å². The first kappa shape index (κ1) is 12.3. The zero-order valence-electron chi connectivity index (χ0n) is 10.5. The summed E-state index contributed by atoms with van der Waals surface area (Å²) in [5, 5.41) is 11.0. The van der Waals surface area contributed by atoms with Crippen molar-refractivity contribution in [2.45, 2.75) is 18.4 Å². The molecule has 0 radical (unpaired) electrons. The Morgan fingerprint density at radius 2 is 2.18 bits per heavy atom. The van der Waals surface area contributed by atoms with Gasteiger partial charge in [0.2, 0.25) is 0 Å². The van der Waals surface area contributed by atoms with E-state index in [-0.39, 0.29) is 5.92 Å². The van der Waals surface area contributed by atoms with Gasteiger partial charge in [0.05, 0.1) is 5.60 Å². The van der Waals surface area contributed by atoms with Crippen LogP contribution in [-0.4, -0.2) is 30.1 Å².